The lowest BCUT2D eigenvalue weighted by Crippen LogP contribution is -2.31. The third kappa shape index (κ3) is 4.09. The van der Waals surface area contributed by atoms with Gasteiger partial charge >= 0.3 is 5.97 Å². The number of methoxy groups -OCH3 is 2. The first-order valence-corrected chi connectivity index (χ1v) is 12.5. The molecule has 0 saturated carbocycles. The predicted octanol–water partition coefficient (Wildman–Crippen LogP) is 5.54. The highest BCUT2D eigenvalue weighted by Crippen LogP contribution is 2.44. The van der Waals surface area contributed by atoms with E-state index in [2.05, 4.69) is 20.9 Å². The molecule has 1 unspecified atom stereocenters. The summed E-state index contributed by atoms with van der Waals surface area (Å²) < 4.78 is 16.7. The Morgan fingerprint density at radius 1 is 1.16 bits per heavy atom. The van der Waals surface area contributed by atoms with Gasteiger partial charge in [0.25, 0.3) is 5.91 Å². The van der Waals surface area contributed by atoms with Crippen LogP contribution in [0.2, 0.25) is 0 Å². The maximum Gasteiger partial charge on any atom is 0.350 e. The number of rotatable bonds is 6. The van der Waals surface area contributed by atoms with Gasteiger partial charge in [-0.2, -0.15) is 0 Å². The van der Waals surface area contributed by atoms with E-state index in [0.717, 1.165) is 11.3 Å². The fourth-order valence-corrected chi connectivity index (χ4v) is 5.66. The second-order valence-corrected chi connectivity index (χ2v) is 10.0. The Bertz CT molecular complexity index is 1620. The molecule has 2 aromatic heterocycles. The Balaban J connectivity index is 1.66. The number of anilines is 1. The van der Waals surface area contributed by atoms with Crippen LogP contribution < -0.4 is 9.64 Å². The van der Waals surface area contributed by atoms with Crippen LogP contribution in [-0.2, 0) is 9.53 Å². The molecule has 1 aliphatic rings. The quantitative estimate of drug-likeness (QED) is 0.232. The van der Waals surface area contributed by atoms with Crippen LogP contribution in [0, 0.1) is 6.92 Å². The number of aliphatic hydroxyl groups is 1. The zero-order valence-corrected chi connectivity index (χ0v) is 22.2. The van der Waals surface area contributed by atoms with Crippen LogP contribution in [0.3, 0.4) is 0 Å². The van der Waals surface area contributed by atoms with E-state index < -0.39 is 29.5 Å². The van der Waals surface area contributed by atoms with Crippen molar-refractivity contribution in [3.8, 4) is 5.75 Å². The van der Waals surface area contributed by atoms with Crippen LogP contribution in [0.5, 0.6) is 5.75 Å². The number of benzene rings is 2. The van der Waals surface area contributed by atoms with E-state index in [1.54, 1.807) is 49.4 Å². The number of aliphatic hydroxyl groups excluding tert-OH is 1. The second kappa shape index (κ2) is 9.49. The van der Waals surface area contributed by atoms with E-state index in [4.69, 9.17) is 13.9 Å². The Morgan fingerprint density at radius 2 is 1.92 bits per heavy atom. The lowest BCUT2D eigenvalue weighted by molar-refractivity contribution is -0.117. The molecule has 1 amide bonds. The van der Waals surface area contributed by atoms with Crippen molar-refractivity contribution in [1.29, 1.82) is 0 Å². The molecule has 0 fully saturated rings. The number of fused-ring (bicyclic) bond motifs is 1. The molecule has 0 radical (unpaired) electrons. The summed E-state index contributed by atoms with van der Waals surface area (Å²) in [5.41, 5.74) is 1.09. The number of thiazole rings is 1. The fraction of sp³-hybridized carbons (Fsp3) is 0.154. The number of hydrogen-bond donors (Lipinski definition) is 1. The molecule has 0 aliphatic carbocycles. The van der Waals surface area contributed by atoms with Gasteiger partial charge in [-0.1, -0.05) is 51.5 Å². The van der Waals surface area contributed by atoms with E-state index in [1.165, 1.54) is 25.2 Å². The number of carbonyl (C=O) groups excluding carboxylic acids is 3. The van der Waals surface area contributed by atoms with E-state index in [1.807, 2.05) is 0 Å². The molecular formula is C26H19BrN2O7S. The highest BCUT2D eigenvalue weighted by Gasteiger charge is 2.47. The summed E-state index contributed by atoms with van der Waals surface area (Å²) in [6.07, 6.45) is 0. The zero-order chi connectivity index (χ0) is 26.4. The number of esters is 1. The van der Waals surface area contributed by atoms with Gasteiger partial charge in [-0.15, -0.1) is 0 Å². The van der Waals surface area contributed by atoms with Gasteiger partial charge in [0, 0.05) is 9.86 Å². The molecule has 2 aromatic carbocycles. The minimum Gasteiger partial charge on any atom is -0.503 e. The van der Waals surface area contributed by atoms with Crippen molar-refractivity contribution in [3.05, 3.63) is 86.2 Å². The molecule has 188 valence electrons. The number of hydrogen-bond acceptors (Lipinski definition) is 9. The summed E-state index contributed by atoms with van der Waals surface area (Å²) >= 11 is 4.36. The zero-order valence-electron chi connectivity index (χ0n) is 19.8. The van der Waals surface area contributed by atoms with Crippen molar-refractivity contribution in [1.82, 2.24) is 4.98 Å². The Hall–Kier alpha value is -3.96. The average Bonchev–Trinajstić information content (AvgIpc) is 3.57. The highest BCUT2D eigenvalue weighted by molar-refractivity contribution is 9.10. The number of furan rings is 1. The first-order chi connectivity index (χ1) is 17.7. The van der Waals surface area contributed by atoms with Crippen LogP contribution >= 0.6 is 27.3 Å². The summed E-state index contributed by atoms with van der Waals surface area (Å²) in [5.74, 6) is -2.45. The first kappa shape index (κ1) is 24.7. The maximum atomic E-state index is 13.8. The molecule has 3 heterocycles. The van der Waals surface area contributed by atoms with Crippen LogP contribution in [0.25, 0.3) is 11.0 Å². The minimum absolute atomic E-state index is 0.0683. The van der Waals surface area contributed by atoms with Crippen LogP contribution in [0.1, 0.15) is 37.5 Å². The van der Waals surface area contributed by atoms with Crippen LogP contribution in [-0.4, -0.2) is 42.0 Å². The fourth-order valence-electron chi connectivity index (χ4n) is 4.24. The number of aryl methyl sites for hydroxylation is 1. The number of nitrogens with zero attached hydrogens (tertiary/aromatic N) is 2. The summed E-state index contributed by atoms with van der Waals surface area (Å²) in [4.78, 5) is 45.2. The molecule has 1 aliphatic heterocycles. The monoisotopic (exact) mass is 582 g/mol. The van der Waals surface area contributed by atoms with E-state index in [0.29, 0.717) is 32.4 Å². The Morgan fingerprint density at radius 3 is 2.62 bits per heavy atom. The number of amides is 1. The molecule has 37 heavy (non-hydrogen) atoms. The number of halogens is 1. The van der Waals surface area contributed by atoms with Crippen molar-refractivity contribution in [3.63, 3.8) is 0 Å². The molecule has 0 bridgehead atoms. The lowest BCUT2D eigenvalue weighted by atomic mass is 9.95. The van der Waals surface area contributed by atoms with Crippen molar-refractivity contribution in [2.45, 2.75) is 13.0 Å². The van der Waals surface area contributed by atoms with Gasteiger partial charge in [-0.05, 0) is 36.8 Å². The summed E-state index contributed by atoms with van der Waals surface area (Å²) in [6, 6.07) is 12.7. The SMILES string of the molecule is COC(=O)c1sc(N2C(=O)C(O)=C(C(=O)c3cc4cccc(OC)c4o3)C2c2cccc(Br)c2)nc1C. The van der Waals surface area contributed by atoms with E-state index in [-0.39, 0.29) is 21.3 Å². The molecule has 4 aromatic rings. The maximum absolute atomic E-state index is 13.8. The number of para-hydroxylation sites is 1. The standard InChI is InChI=1S/C26H19BrN2O7S/c1-12-23(25(33)35-3)37-26(28-12)29-19(13-6-4-8-15(27)10-13)18(21(31)24(29)32)20(30)17-11-14-7-5-9-16(34-2)22(14)36-17/h4-11,19,31H,1-3H3. The van der Waals surface area contributed by atoms with Crippen molar-refractivity contribution < 1.29 is 33.4 Å². The number of Topliss-reactive ketones (excluding diaryl/α,β-unsaturated/α-hetero) is 1. The third-order valence-corrected chi connectivity index (χ3v) is 7.56. The minimum atomic E-state index is -1.04. The van der Waals surface area contributed by atoms with Gasteiger partial charge in [-0.3, -0.25) is 14.5 Å². The van der Waals surface area contributed by atoms with Crippen molar-refractivity contribution in [2.24, 2.45) is 0 Å². The summed E-state index contributed by atoms with van der Waals surface area (Å²) in [5, 5.41) is 11.8. The molecule has 1 N–H and O–H groups in total. The topological polar surface area (TPSA) is 119 Å². The van der Waals surface area contributed by atoms with Gasteiger partial charge in [0.1, 0.15) is 4.88 Å². The van der Waals surface area contributed by atoms with Crippen LogP contribution in [0.4, 0.5) is 5.13 Å². The summed E-state index contributed by atoms with van der Waals surface area (Å²) in [6.45, 7) is 1.61. The van der Waals surface area contributed by atoms with Gasteiger partial charge in [0.05, 0.1) is 31.5 Å². The number of ketones is 1. The van der Waals surface area contributed by atoms with E-state index >= 15 is 0 Å². The Kier molecular flexibility index (Phi) is 6.34. The van der Waals surface area contributed by atoms with Gasteiger partial charge < -0.3 is 19.0 Å². The largest absolute Gasteiger partial charge is 0.503 e. The normalized spacial score (nSPS) is 15.5. The molecular weight excluding hydrogens is 564 g/mol. The third-order valence-electron chi connectivity index (χ3n) is 5.93. The van der Waals surface area contributed by atoms with Gasteiger partial charge in [0.15, 0.2) is 28.0 Å². The molecule has 5 rings (SSSR count). The van der Waals surface area contributed by atoms with E-state index in [9.17, 15) is 19.5 Å². The summed E-state index contributed by atoms with van der Waals surface area (Å²) in [7, 11) is 2.74. The smallest absolute Gasteiger partial charge is 0.350 e. The average molecular weight is 583 g/mol. The molecule has 11 heteroatoms. The van der Waals surface area contributed by atoms with Gasteiger partial charge in [-0.25, -0.2) is 9.78 Å². The number of carbonyl (C=O) groups is 3. The van der Waals surface area contributed by atoms with Crippen LogP contribution in [0.15, 0.2) is 68.8 Å². The lowest BCUT2D eigenvalue weighted by Gasteiger charge is -2.24. The Labute approximate surface area is 223 Å². The molecule has 0 saturated heterocycles. The number of ether oxygens (including phenoxy) is 2. The molecule has 0 spiro atoms. The van der Waals surface area contributed by atoms with Gasteiger partial charge in [0.2, 0.25) is 5.78 Å². The van der Waals surface area contributed by atoms with Crippen molar-refractivity contribution in [2.75, 3.05) is 19.1 Å². The molecule has 9 nitrogen and oxygen atoms in total. The first-order valence-electron chi connectivity index (χ1n) is 10.9. The molecule has 1 atom stereocenters. The van der Waals surface area contributed by atoms with Crippen molar-refractivity contribution >= 4 is 61.0 Å². The number of aromatic nitrogens is 1. The predicted molar refractivity (Wildman–Crippen MR) is 139 cm³/mol. The second-order valence-electron chi connectivity index (χ2n) is 8.12. The highest BCUT2D eigenvalue weighted by atomic mass is 79.9.